The van der Waals surface area contributed by atoms with Gasteiger partial charge >= 0.3 is 0 Å². The Morgan fingerprint density at radius 1 is 1.54 bits per heavy atom. The third kappa shape index (κ3) is 3.20. The number of nitrogens with zero attached hydrogens (tertiary/aromatic N) is 1. The molecule has 0 bridgehead atoms. The Labute approximate surface area is 83.3 Å². The number of pyridine rings is 1. The Bertz CT molecular complexity index is 286. The maximum atomic E-state index is 5.92. The molecule has 4 heteroatoms. The molecule has 0 aliphatic carbocycles. The molecule has 0 aromatic carbocycles. The third-order valence-electron chi connectivity index (χ3n) is 1.62. The van der Waals surface area contributed by atoms with Crippen molar-refractivity contribution in [2.75, 3.05) is 5.73 Å². The van der Waals surface area contributed by atoms with Crippen LogP contribution in [-0.4, -0.2) is 11.0 Å². The van der Waals surface area contributed by atoms with E-state index in [1.54, 1.807) is 12.1 Å². The Balaban J connectivity index is 2.70. The minimum Gasteiger partial charge on any atom is -0.384 e. The number of anilines is 1. The van der Waals surface area contributed by atoms with E-state index in [-0.39, 0.29) is 0 Å². The van der Waals surface area contributed by atoms with Gasteiger partial charge in [0.2, 0.25) is 0 Å². The monoisotopic (exact) mass is 199 g/mol. The minimum atomic E-state index is 0.416. The number of nitrogens with one attached hydrogen (secondary N) is 1. The van der Waals surface area contributed by atoms with Gasteiger partial charge in [-0.05, 0) is 12.1 Å². The molecule has 0 unspecified atom stereocenters. The largest absolute Gasteiger partial charge is 0.384 e. The van der Waals surface area contributed by atoms with Crippen LogP contribution >= 0.6 is 11.6 Å². The molecule has 1 aromatic rings. The average Bonchev–Trinajstić information content (AvgIpc) is 2.06. The van der Waals surface area contributed by atoms with E-state index in [0.717, 1.165) is 5.69 Å². The highest BCUT2D eigenvalue weighted by Crippen LogP contribution is 2.14. The van der Waals surface area contributed by atoms with Gasteiger partial charge in [0.05, 0.1) is 10.7 Å². The van der Waals surface area contributed by atoms with Crippen LogP contribution < -0.4 is 11.1 Å². The lowest BCUT2D eigenvalue weighted by Gasteiger charge is -2.08. The van der Waals surface area contributed by atoms with E-state index < -0.39 is 0 Å². The summed E-state index contributed by atoms with van der Waals surface area (Å²) in [6, 6.07) is 3.88. The van der Waals surface area contributed by atoms with Crippen LogP contribution in [0.2, 0.25) is 5.02 Å². The molecule has 0 saturated heterocycles. The number of nitrogens with two attached hydrogens (primary N) is 1. The molecule has 0 saturated carbocycles. The number of hydrogen-bond acceptors (Lipinski definition) is 3. The minimum absolute atomic E-state index is 0.416. The maximum Gasteiger partial charge on any atom is 0.123 e. The van der Waals surface area contributed by atoms with Crippen molar-refractivity contribution < 1.29 is 0 Å². The van der Waals surface area contributed by atoms with Gasteiger partial charge in [-0.2, -0.15) is 0 Å². The van der Waals surface area contributed by atoms with E-state index in [2.05, 4.69) is 24.1 Å². The Hall–Kier alpha value is -0.800. The summed E-state index contributed by atoms with van der Waals surface area (Å²) in [6.45, 7) is 4.79. The van der Waals surface area contributed by atoms with E-state index in [4.69, 9.17) is 17.3 Å². The first-order valence-electron chi connectivity index (χ1n) is 4.24. The fourth-order valence-corrected chi connectivity index (χ4v) is 1.10. The van der Waals surface area contributed by atoms with Gasteiger partial charge in [-0.1, -0.05) is 25.4 Å². The maximum absolute atomic E-state index is 5.92. The number of nitrogen functional groups attached to an aromatic ring is 1. The Morgan fingerprint density at radius 2 is 2.23 bits per heavy atom. The van der Waals surface area contributed by atoms with Crippen molar-refractivity contribution in [3.63, 3.8) is 0 Å². The van der Waals surface area contributed by atoms with E-state index in [0.29, 0.717) is 23.4 Å². The molecule has 0 radical (unpaired) electrons. The first-order chi connectivity index (χ1) is 6.09. The smallest absolute Gasteiger partial charge is 0.123 e. The van der Waals surface area contributed by atoms with Crippen molar-refractivity contribution in [1.29, 1.82) is 0 Å². The summed E-state index contributed by atoms with van der Waals surface area (Å²) in [4.78, 5) is 4.13. The van der Waals surface area contributed by atoms with Crippen LogP contribution in [0.1, 0.15) is 19.5 Å². The second kappa shape index (κ2) is 4.44. The van der Waals surface area contributed by atoms with Gasteiger partial charge in [-0.25, -0.2) is 4.98 Å². The Kier molecular flexibility index (Phi) is 3.51. The average molecular weight is 200 g/mol. The van der Waals surface area contributed by atoms with E-state index in [1.165, 1.54) is 0 Å². The lowest BCUT2D eigenvalue weighted by atomic mass is 10.3. The molecule has 72 valence electrons. The van der Waals surface area contributed by atoms with E-state index >= 15 is 0 Å². The zero-order chi connectivity index (χ0) is 9.84. The highest BCUT2D eigenvalue weighted by Gasteiger charge is 2.02. The van der Waals surface area contributed by atoms with Crippen molar-refractivity contribution in [3.05, 3.63) is 22.8 Å². The molecule has 0 fully saturated rings. The predicted octanol–water partition coefficient (Wildman–Crippen LogP) is 1.82. The van der Waals surface area contributed by atoms with Crippen LogP contribution in [0.15, 0.2) is 12.1 Å². The topological polar surface area (TPSA) is 50.9 Å². The SMILES string of the molecule is CC(C)NCc1nc(N)ccc1Cl. The van der Waals surface area contributed by atoms with Crippen LogP contribution in [0.3, 0.4) is 0 Å². The second-order valence-electron chi connectivity index (χ2n) is 3.20. The lowest BCUT2D eigenvalue weighted by Crippen LogP contribution is -2.22. The summed E-state index contributed by atoms with van der Waals surface area (Å²) in [7, 11) is 0. The van der Waals surface area contributed by atoms with Gasteiger partial charge in [0.25, 0.3) is 0 Å². The van der Waals surface area contributed by atoms with Gasteiger partial charge < -0.3 is 11.1 Å². The molecule has 0 atom stereocenters. The molecule has 1 aromatic heterocycles. The summed E-state index contributed by atoms with van der Waals surface area (Å²) < 4.78 is 0. The molecular formula is C9H14ClN3. The summed E-state index contributed by atoms with van der Waals surface area (Å²) in [6.07, 6.45) is 0. The van der Waals surface area contributed by atoms with Gasteiger partial charge in [0, 0.05) is 12.6 Å². The summed E-state index contributed by atoms with van der Waals surface area (Å²) >= 11 is 5.92. The molecule has 1 rings (SSSR count). The molecule has 0 spiro atoms. The zero-order valence-corrected chi connectivity index (χ0v) is 8.60. The van der Waals surface area contributed by atoms with Crippen molar-refractivity contribution in [1.82, 2.24) is 10.3 Å². The van der Waals surface area contributed by atoms with Crippen LogP contribution in [0.4, 0.5) is 5.82 Å². The number of hydrogen-bond donors (Lipinski definition) is 2. The number of rotatable bonds is 3. The van der Waals surface area contributed by atoms with Gasteiger partial charge in [-0.15, -0.1) is 0 Å². The molecule has 0 aliphatic heterocycles. The van der Waals surface area contributed by atoms with Crippen LogP contribution in [0.5, 0.6) is 0 Å². The van der Waals surface area contributed by atoms with Crippen molar-refractivity contribution in [2.24, 2.45) is 0 Å². The van der Waals surface area contributed by atoms with Crippen LogP contribution in [-0.2, 0) is 6.54 Å². The molecular weight excluding hydrogens is 186 g/mol. The van der Waals surface area contributed by atoms with Crippen molar-refractivity contribution in [2.45, 2.75) is 26.4 Å². The quantitative estimate of drug-likeness (QED) is 0.781. The first kappa shape index (κ1) is 10.3. The molecule has 13 heavy (non-hydrogen) atoms. The first-order valence-corrected chi connectivity index (χ1v) is 4.61. The number of aromatic nitrogens is 1. The van der Waals surface area contributed by atoms with E-state index in [1.807, 2.05) is 0 Å². The molecule has 0 aliphatic rings. The number of halogens is 1. The third-order valence-corrected chi connectivity index (χ3v) is 1.96. The summed E-state index contributed by atoms with van der Waals surface area (Å²) in [5.41, 5.74) is 6.34. The predicted molar refractivity (Wildman–Crippen MR) is 55.6 cm³/mol. The van der Waals surface area contributed by atoms with Gasteiger partial charge in [0.15, 0.2) is 0 Å². The van der Waals surface area contributed by atoms with Crippen LogP contribution in [0, 0.1) is 0 Å². The summed E-state index contributed by atoms with van der Waals surface area (Å²) in [5, 5.41) is 3.88. The fraction of sp³-hybridized carbons (Fsp3) is 0.444. The molecule has 1 heterocycles. The lowest BCUT2D eigenvalue weighted by molar-refractivity contribution is 0.582. The zero-order valence-electron chi connectivity index (χ0n) is 7.84. The standard InChI is InChI=1S/C9H14ClN3/c1-6(2)12-5-8-7(10)3-4-9(11)13-8/h3-4,6,12H,5H2,1-2H3,(H2,11,13). The van der Waals surface area contributed by atoms with Crippen molar-refractivity contribution in [3.8, 4) is 0 Å². The highest BCUT2D eigenvalue weighted by molar-refractivity contribution is 6.31. The summed E-state index contributed by atoms with van der Waals surface area (Å²) in [5.74, 6) is 0.505. The normalized spacial score (nSPS) is 10.8. The molecule has 0 amide bonds. The van der Waals surface area contributed by atoms with E-state index in [9.17, 15) is 0 Å². The fourth-order valence-electron chi connectivity index (χ4n) is 0.926. The van der Waals surface area contributed by atoms with Crippen molar-refractivity contribution >= 4 is 17.4 Å². The van der Waals surface area contributed by atoms with Crippen LogP contribution in [0.25, 0.3) is 0 Å². The van der Waals surface area contributed by atoms with Gasteiger partial charge in [-0.3, -0.25) is 0 Å². The molecule has 3 N–H and O–H groups in total. The highest BCUT2D eigenvalue weighted by atomic mass is 35.5. The van der Waals surface area contributed by atoms with Gasteiger partial charge in [0.1, 0.15) is 5.82 Å². The second-order valence-corrected chi connectivity index (χ2v) is 3.61. The Morgan fingerprint density at radius 3 is 2.85 bits per heavy atom. The molecule has 3 nitrogen and oxygen atoms in total.